The van der Waals surface area contributed by atoms with Crippen molar-refractivity contribution < 1.29 is 9.53 Å². The second kappa shape index (κ2) is 12.5. The molecule has 1 fully saturated rings. The number of halogens is 2. The van der Waals surface area contributed by atoms with Crippen LogP contribution in [0.15, 0.2) is 35.2 Å². The molecular formula is C20H30Cl2N4O2S. The molecule has 162 valence electrons. The molecule has 0 saturated carbocycles. The Labute approximate surface area is 189 Å². The number of carbonyl (C=O) groups is 1. The minimum atomic E-state index is -0.447. The predicted molar refractivity (Wildman–Crippen MR) is 123 cm³/mol. The lowest BCUT2D eigenvalue weighted by atomic mass is 9.78. The Morgan fingerprint density at radius 1 is 1.31 bits per heavy atom. The first-order chi connectivity index (χ1) is 13.1. The topological polar surface area (TPSA) is 66.5 Å². The Hall–Kier alpha value is -1.22. The summed E-state index contributed by atoms with van der Waals surface area (Å²) in [6, 6.07) is 8.08. The molecule has 29 heavy (non-hydrogen) atoms. The van der Waals surface area contributed by atoms with E-state index in [0.29, 0.717) is 6.61 Å². The highest BCUT2D eigenvalue weighted by Crippen LogP contribution is 2.31. The average molecular weight is 461 g/mol. The van der Waals surface area contributed by atoms with E-state index in [2.05, 4.69) is 45.1 Å². The summed E-state index contributed by atoms with van der Waals surface area (Å²) >= 11 is 1.61. The maximum Gasteiger partial charge on any atom is 0.233 e. The molecule has 1 aromatic heterocycles. The fourth-order valence-corrected chi connectivity index (χ4v) is 4.14. The number of anilines is 1. The van der Waals surface area contributed by atoms with Gasteiger partial charge in [-0.05, 0) is 50.7 Å². The summed E-state index contributed by atoms with van der Waals surface area (Å²) in [4.78, 5) is 19.5. The van der Waals surface area contributed by atoms with E-state index in [1.807, 2.05) is 17.6 Å². The van der Waals surface area contributed by atoms with Crippen molar-refractivity contribution in [3.63, 3.8) is 0 Å². The van der Waals surface area contributed by atoms with Crippen molar-refractivity contribution in [2.45, 2.75) is 25.9 Å². The molecule has 6 nitrogen and oxygen atoms in total. The highest BCUT2D eigenvalue weighted by Gasteiger charge is 2.39. The number of aromatic nitrogens is 1. The van der Waals surface area contributed by atoms with Gasteiger partial charge in [0.1, 0.15) is 0 Å². The van der Waals surface area contributed by atoms with Crippen molar-refractivity contribution in [2.24, 2.45) is 5.41 Å². The second-order valence-corrected chi connectivity index (χ2v) is 7.99. The number of benzene rings is 1. The fourth-order valence-electron chi connectivity index (χ4n) is 3.59. The Kier molecular flexibility index (Phi) is 11.1. The van der Waals surface area contributed by atoms with E-state index in [9.17, 15) is 4.79 Å². The summed E-state index contributed by atoms with van der Waals surface area (Å²) in [5.41, 5.74) is 4.50. The molecule has 0 bridgehead atoms. The number of piperidine rings is 1. The van der Waals surface area contributed by atoms with Gasteiger partial charge in [0.2, 0.25) is 5.91 Å². The predicted octanol–water partition coefficient (Wildman–Crippen LogP) is 3.57. The van der Waals surface area contributed by atoms with Gasteiger partial charge in [0.05, 0.1) is 23.2 Å². The lowest BCUT2D eigenvalue weighted by Gasteiger charge is -2.35. The average Bonchev–Trinajstić information content (AvgIpc) is 3.16. The summed E-state index contributed by atoms with van der Waals surface area (Å²) < 4.78 is 5.37. The molecule has 1 amide bonds. The lowest BCUT2D eigenvalue weighted by Crippen LogP contribution is -2.47. The van der Waals surface area contributed by atoms with Crippen LogP contribution in [0.4, 0.5) is 5.69 Å². The highest BCUT2D eigenvalue weighted by molar-refractivity contribution is 7.07. The molecule has 0 unspecified atom stereocenters. The number of nitrogens with zero attached hydrogens (tertiary/aromatic N) is 2. The molecule has 0 atom stereocenters. The first-order valence-corrected chi connectivity index (χ1v) is 10.2. The molecule has 0 spiro atoms. The Morgan fingerprint density at radius 2 is 2.07 bits per heavy atom. The number of amides is 1. The van der Waals surface area contributed by atoms with Gasteiger partial charge in [-0.2, -0.15) is 0 Å². The first kappa shape index (κ1) is 25.8. The third kappa shape index (κ3) is 7.20. The molecule has 0 aliphatic carbocycles. The molecular weight excluding hydrogens is 431 g/mol. The molecule has 2 aromatic rings. The fraction of sp³-hybridized carbons (Fsp3) is 0.500. The van der Waals surface area contributed by atoms with E-state index in [1.165, 1.54) is 0 Å². The number of hydrogen-bond donors (Lipinski definition) is 2. The Morgan fingerprint density at radius 3 is 2.72 bits per heavy atom. The van der Waals surface area contributed by atoms with Crippen LogP contribution in [0.2, 0.25) is 0 Å². The zero-order valence-corrected chi connectivity index (χ0v) is 19.3. The largest absolute Gasteiger partial charge is 0.384 e. The maximum absolute atomic E-state index is 13.0. The van der Waals surface area contributed by atoms with E-state index < -0.39 is 5.41 Å². The van der Waals surface area contributed by atoms with Gasteiger partial charge in [-0.3, -0.25) is 9.69 Å². The van der Waals surface area contributed by atoms with E-state index >= 15 is 0 Å². The zero-order valence-electron chi connectivity index (χ0n) is 16.8. The second-order valence-electron chi connectivity index (χ2n) is 7.27. The number of methoxy groups -OCH3 is 1. The van der Waals surface area contributed by atoms with Crippen LogP contribution in [-0.2, 0) is 22.6 Å². The third-order valence-corrected chi connectivity index (χ3v) is 5.65. The van der Waals surface area contributed by atoms with Crippen LogP contribution in [0.25, 0.3) is 0 Å². The van der Waals surface area contributed by atoms with Gasteiger partial charge < -0.3 is 15.4 Å². The molecule has 1 aliphatic rings. The highest BCUT2D eigenvalue weighted by atomic mass is 35.5. The van der Waals surface area contributed by atoms with Gasteiger partial charge in [0.15, 0.2) is 0 Å². The van der Waals surface area contributed by atoms with Gasteiger partial charge in [-0.25, -0.2) is 4.98 Å². The first-order valence-electron chi connectivity index (χ1n) is 9.27. The number of rotatable bonds is 8. The summed E-state index contributed by atoms with van der Waals surface area (Å²) in [6.07, 6.45) is 1.59. The molecule has 1 saturated heterocycles. The maximum atomic E-state index is 13.0. The van der Waals surface area contributed by atoms with E-state index in [4.69, 9.17) is 4.74 Å². The van der Waals surface area contributed by atoms with Gasteiger partial charge in [-0.15, -0.1) is 36.2 Å². The van der Waals surface area contributed by atoms with Crippen LogP contribution in [0.3, 0.4) is 0 Å². The summed E-state index contributed by atoms with van der Waals surface area (Å²) in [6.45, 7) is 3.76. The van der Waals surface area contributed by atoms with E-state index in [1.54, 1.807) is 18.4 Å². The van der Waals surface area contributed by atoms with Gasteiger partial charge in [-0.1, -0.05) is 12.1 Å². The molecule has 3 rings (SSSR count). The minimum Gasteiger partial charge on any atom is -0.384 e. The van der Waals surface area contributed by atoms with Crippen molar-refractivity contribution in [3.8, 4) is 0 Å². The monoisotopic (exact) mass is 460 g/mol. The lowest BCUT2D eigenvalue weighted by molar-refractivity contribution is -0.130. The smallest absolute Gasteiger partial charge is 0.233 e. The van der Waals surface area contributed by atoms with E-state index in [0.717, 1.165) is 56.0 Å². The number of hydrogen-bond acceptors (Lipinski definition) is 6. The van der Waals surface area contributed by atoms with Crippen molar-refractivity contribution in [3.05, 3.63) is 46.4 Å². The van der Waals surface area contributed by atoms with Crippen LogP contribution in [0.5, 0.6) is 0 Å². The standard InChI is InChI=1S/C20H28N4O2S.2ClH/c1-24(12-18-13-27-15-22-18)11-16-4-3-5-17(10-16)23-19(25)20(14-26-2)6-8-21-9-7-20;;/h3-5,10,13,15,21H,6-9,11-12,14H2,1-2H3,(H,23,25);2*1H. The van der Waals surface area contributed by atoms with Crippen LogP contribution in [0, 0.1) is 5.41 Å². The SMILES string of the molecule is COCC1(C(=O)Nc2cccc(CN(C)Cc3cscn3)c2)CCNCC1.Cl.Cl. The van der Waals surface area contributed by atoms with Crippen LogP contribution in [0.1, 0.15) is 24.1 Å². The molecule has 2 N–H and O–H groups in total. The number of ether oxygens (including phenoxy) is 1. The Bertz CT molecular complexity index is 734. The quantitative estimate of drug-likeness (QED) is 0.629. The zero-order chi connectivity index (χ0) is 19.1. The normalized spacial score (nSPS) is 15.3. The summed E-state index contributed by atoms with van der Waals surface area (Å²) in [5.74, 6) is 0.0545. The molecule has 2 heterocycles. The van der Waals surface area contributed by atoms with Crippen LogP contribution in [-0.4, -0.2) is 49.6 Å². The minimum absolute atomic E-state index is 0. The van der Waals surface area contributed by atoms with Gasteiger partial charge >= 0.3 is 0 Å². The number of carbonyl (C=O) groups excluding carboxylic acids is 1. The van der Waals surface area contributed by atoms with Crippen LogP contribution < -0.4 is 10.6 Å². The van der Waals surface area contributed by atoms with Crippen molar-refractivity contribution in [2.75, 3.05) is 39.2 Å². The summed E-state index contributed by atoms with van der Waals surface area (Å²) in [7, 11) is 3.74. The van der Waals surface area contributed by atoms with Gasteiger partial charge in [0, 0.05) is 31.3 Å². The Balaban J connectivity index is 0.00000210. The van der Waals surface area contributed by atoms with Crippen molar-refractivity contribution in [1.82, 2.24) is 15.2 Å². The van der Waals surface area contributed by atoms with Crippen molar-refractivity contribution in [1.29, 1.82) is 0 Å². The van der Waals surface area contributed by atoms with E-state index in [-0.39, 0.29) is 30.7 Å². The third-order valence-electron chi connectivity index (χ3n) is 5.02. The number of nitrogens with one attached hydrogen (secondary N) is 2. The van der Waals surface area contributed by atoms with Gasteiger partial charge in [0.25, 0.3) is 0 Å². The van der Waals surface area contributed by atoms with Crippen LogP contribution >= 0.6 is 36.2 Å². The number of thiazole rings is 1. The molecule has 9 heteroatoms. The summed E-state index contributed by atoms with van der Waals surface area (Å²) in [5, 5.41) is 8.51. The molecule has 1 aromatic carbocycles. The molecule has 1 aliphatic heterocycles. The van der Waals surface area contributed by atoms with Crippen molar-refractivity contribution >= 4 is 47.7 Å². The molecule has 0 radical (unpaired) electrons.